The van der Waals surface area contributed by atoms with Gasteiger partial charge in [0.2, 0.25) is 11.7 Å². The van der Waals surface area contributed by atoms with Gasteiger partial charge < -0.3 is 16.0 Å². The molecule has 1 fully saturated rings. The monoisotopic (exact) mass is 412 g/mol. The number of amides is 1. The van der Waals surface area contributed by atoms with Crippen LogP contribution in [0.3, 0.4) is 0 Å². The Balaban J connectivity index is 1.76. The van der Waals surface area contributed by atoms with Crippen LogP contribution in [-0.4, -0.2) is 40.7 Å². The van der Waals surface area contributed by atoms with Crippen LogP contribution in [0, 0.1) is 0 Å². The molecular formula is C18H19F3N4O2S. The number of carbonyl (C=O) groups excluding carboxylic acids is 2. The van der Waals surface area contributed by atoms with E-state index in [2.05, 4.69) is 10.3 Å². The summed E-state index contributed by atoms with van der Waals surface area (Å²) in [4.78, 5) is 29.9. The van der Waals surface area contributed by atoms with E-state index < -0.39 is 23.1 Å². The number of nitrogens with two attached hydrogens (primary N) is 1. The minimum absolute atomic E-state index is 0.0214. The van der Waals surface area contributed by atoms with Crippen molar-refractivity contribution < 1.29 is 22.8 Å². The van der Waals surface area contributed by atoms with Gasteiger partial charge in [-0.25, -0.2) is 4.98 Å². The molecule has 0 atom stereocenters. The fourth-order valence-corrected chi connectivity index (χ4v) is 4.04. The van der Waals surface area contributed by atoms with Gasteiger partial charge in [0.15, 0.2) is 5.13 Å². The lowest BCUT2D eigenvalue weighted by molar-refractivity contribution is -0.138. The van der Waals surface area contributed by atoms with E-state index in [9.17, 15) is 22.8 Å². The van der Waals surface area contributed by atoms with E-state index >= 15 is 0 Å². The summed E-state index contributed by atoms with van der Waals surface area (Å²) in [5.41, 5.74) is 4.36. The molecule has 1 aliphatic rings. The molecule has 2 heterocycles. The number of aromatic nitrogens is 1. The van der Waals surface area contributed by atoms with Gasteiger partial charge in [0, 0.05) is 31.6 Å². The summed E-state index contributed by atoms with van der Waals surface area (Å²) in [6.07, 6.45) is -3.23. The molecule has 0 aliphatic carbocycles. The molecule has 0 unspecified atom stereocenters. The first-order chi connectivity index (χ1) is 13.2. The molecule has 28 heavy (non-hydrogen) atoms. The second-order valence-corrected chi connectivity index (χ2v) is 7.53. The number of alkyl halides is 3. The number of thiazole rings is 1. The summed E-state index contributed by atoms with van der Waals surface area (Å²) in [5.74, 6) is -0.883. The molecule has 3 rings (SSSR count). The first-order valence-corrected chi connectivity index (χ1v) is 9.47. The summed E-state index contributed by atoms with van der Waals surface area (Å²) in [6.45, 7) is 2.74. The molecule has 3 N–H and O–H groups in total. The minimum atomic E-state index is -4.64. The Morgan fingerprint density at radius 3 is 2.50 bits per heavy atom. The Morgan fingerprint density at radius 1 is 1.25 bits per heavy atom. The number of likely N-dealkylation sites (tertiary alicyclic amines) is 1. The van der Waals surface area contributed by atoms with Gasteiger partial charge in [-0.2, -0.15) is 13.2 Å². The van der Waals surface area contributed by atoms with Crippen LogP contribution in [0.5, 0.6) is 0 Å². The number of nitrogen functional groups attached to an aromatic ring is 1. The van der Waals surface area contributed by atoms with E-state index in [4.69, 9.17) is 5.73 Å². The van der Waals surface area contributed by atoms with Crippen molar-refractivity contribution in [3.05, 3.63) is 40.3 Å². The van der Waals surface area contributed by atoms with Crippen LogP contribution in [0.2, 0.25) is 0 Å². The average Bonchev–Trinajstić information content (AvgIpc) is 3.01. The summed E-state index contributed by atoms with van der Waals surface area (Å²) >= 11 is 0.938. The topological polar surface area (TPSA) is 88.3 Å². The molecular weight excluding hydrogens is 393 g/mol. The molecule has 0 radical (unpaired) electrons. The van der Waals surface area contributed by atoms with Crippen LogP contribution >= 0.6 is 11.3 Å². The highest BCUT2D eigenvalue weighted by Gasteiger charge is 2.36. The SMILES string of the molecule is CC(=O)N1CCC(Nc2nc(N)c(C(=O)c3ccccc3C(F)(F)F)s2)CC1. The number of nitrogens with zero attached hydrogens (tertiary/aromatic N) is 2. The highest BCUT2D eigenvalue weighted by molar-refractivity contribution is 7.18. The number of ketones is 1. The molecule has 0 bridgehead atoms. The summed E-state index contributed by atoms with van der Waals surface area (Å²) in [7, 11) is 0. The highest BCUT2D eigenvalue weighted by atomic mass is 32.1. The third kappa shape index (κ3) is 4.27. The van der Waals surface area contributed by atoms with E-state index in [1.165, 1.54) is 19.1 Å². The van der Waals surface area contributed by atoms with Crippen molar-refractivity contribution in [1.82, 2.24) is 9.88 Å². The third-order valence-electron chi connectivity index (χ3n) is 4.60. The summed E-state index contributed by atoms with van der Waals surface area (Å²) in [5, 5.41) is 3.55. The van der Waals surface area contributed by atoms with Crippen LogP contribution in [0.1, 0.15) is 40.6 Å². The van der Waals surface area contributed by atoms with Crippen LogP contribution in [0.4, 0.5) is 24.1 Å². The zero-order valence-electron chi connectivity index (χ0n) is 15.0. The average molecular weight is 412 g/mol. The predicted molar refractivity (Wildman–Crippen MR) is 100 cm³/mol. The van der Waals surface area contributed by atoms with Gasteiger partial charge in [0.05, 0.1) is 5.56 Å². The first kappa shape index (κ1) is 20.1. The number of piperidine rings is 1. The van der Waals surface area contributed by atoms with Gasteiger partial charge in [-0.3, -0.25) is 9.59 Å². The molecule has 1 aliphatic heterocycles. The number of halogens is 3. The van der Waals surface area contributed by atoms with Crippen LogP contribution in [0.15, 0.2) is 24.3 Å². The fraction of sp³-hybridized carbons (Fsp3) is 0.389. The minimum Gasteiger partial charge on any atom is -0.382 e. The van der Waals surface area contributed by atoms with Gasteiger partial charge in [0.25, 0.3) is 0 Å². The molecule has 6 nitrogen and oxygen atoms in total. The number of hydrogen-bond donors (Lipinski definition) is 2. The predicted octanol–water partition coefficient (Wildman–Crippen LogP) is 3.40. The van der Waals surface area contributed by atoms with Gasteiger partial charge in [-0.15, -0.1) is 0 Å². The Hall–Kier alpha value is -2.62. The van der Waals surface area contributed by atoms with Crippen molar-refractivity contribution in [3.63, 3.8) is 0 Å². The number of anilines is 2. The van der Waals surface area contributed by atoms with Crippen molar-refractivity contribution in [1.29, 1.82) is 0 Å². The summed E-state index contributed by atoms with van der Waals surface area (Å²) in [6, 6.07) is 4.66. The van der Waals surface area contributed by atoms with E-state index in [1.807, 2.05) is 0 Å². The maximum absolute atomic E-state index is 13.2. The van der Waals surface area contributed by atoms with Crippen LogP contribution in [-0.2, 0) is 11.0 Å². The molecule has 1 saturated heterocycles. The number of nitrogens with one attached hydrogen (secondary N) is 1. The number of hydrogen-bond acceptors (Lipinski definition) is 6. The van der Waals surface area contributed by atoms with Crippen molar-refractivity contribution in [2.75, 3.05) is 24.1 Å². The van der Waals surface area contributed by atoms with Gasteiger partial charge in [0.1, 0.15) is 10.7 Å². The second-order valence-electron chi connectivity index (χ2n) is 6.53. The lowest BCUT2D eigenvalue weighted by Crippen LogP contribution is -2.41. The van der Waals surface area contributed by atoms with Crippen molar-refractivity contribution in [2.24, 2.45) is 0 Å². The molecule has 2 aromatic rings. The van der Waals surface area contributed by atoms with Crippen molar-refractivity contribution in [2.45, 2.75) is 32.0 Å². The van der Waals surface area contributed by atoms with Gasteiger partial charge in [-0.1, -0.05) is 29.5 Å². The van der Waals surface area contributed by atoms with Crippen LogP contribution in [0.25, 0.3) is 0 Å². The Labute approximate surface area is 163 Å². The smallest absolute Gasteiger partial charge is 0.382 e. The Morgan fingerprint density at radius 2 is 1.89 bits per heavy atom. The largest absolute Gasteiger partial charge is 0.417 e. The van der Waals surface area contributed by atoms with Crippen LogP contribution < -0.4 is 11.1 Å². The second kappa shape index (κ2) is 7.78. The maximum atomic E-state index is 13.2. The van der Waals surface area contributed by atoms with E-state index in [0.717, 1.165) is 23.5 Å². The maximum Gasteiger partial charge on any atom is 0.417 e. The molecule has 0 spiro atoms. The van der Waals surface area contributed by atoms with E-state index in [1.54, 1.807) is 4.90 Å². The lowest BCUT2D eigenvalue weighted by atomic mass is 10.0. The Bertz CT molecular complexity index is 889. The number of carbonyl (C=O) groups is 2. The van der Waals surface area contributed by atoms with E-state index in [-0.39, 0.29) is 22.6 Å². The highest BCUT2D eigenvalue weighted by Crippen LogP contribution is 2.35. The molecule has 1 amide bonds. The summed E-state index contributed by atoms with van der Waals surface area (Å²) < 4.78 is 39.6. The molecule has 150 valence electrons. The normalized spacial score (nSPS) is 15.5. The molecule has 0 saturated carbocycles. The number of rotatable bonds is 4. The first-order valence-electron chi connectivity index (χ1n) is 8.66. The van der Waals surface area contributed by atoms with Gasteiger partial charge >= 0.3 is 6.18 Å². The fourth-order valence-electron chi connectivity index (χ4n) is 3.12. The van der Waals surface area contributed by atoms with Crippen molar-refractivity contribution in [3.8, 4) is 0 Å². The molecule has 10 heteroatoms. The zero-order valence-corrected chi connectivity index (χ0v) is 15.9. The third-order valence-corrected chi connectivity index (χ3v) is 5.61. The standard InChI is InChI=1S/C18H19F3N4O2S/c1-10(26)25-8-6-11(7-9-25)23-17-24-16(22)15(28-17)14(27)12-4-2-3-5-13(12)18(19,20)21/h2-5,11H,6-9,22H2,1H3,(H,23,24). The zero-order chi connectivity index (χ0) is 20.5. The quantitative estimate of drug-likeness (QED) is 0.752. The van der Waals surface area contributed by atoms with Crippen molar-refractivity contribution >= 4 is 34.0 Å². The number of benzene rings is 1. The lowest BCUT2D eigenvalue weighted by Gasteiger charge is -2.31. The molecule has 1 aromatic heterocycles. The van der Waals surface area contributed by atoms with E-state index in [0.29, 0.717) is 31.1 Å². The Kier molecular flexibility index (Phi) is 5.59. The van der Waals surface area contributed by atoms with Gasteiger partial charge in [-0.05, 0) is 18.9 Å². The molecule has 1 aromatic carbocycles.